The fourth-order valence-corrected chi connectivity index (χ4v) is 5.50. The summed E-state index contributed by atoms with van der Waals surface area (Å²) in [4.78, 5) is 11.8. The van der Waals surface area contributed by atoms with Gasteiger partial charge in [-0.2, -0.15) is 10.2 Å². The van der Waals surface area contributed by atoms with E-state index in [2.05, 4.69) is 42.8 Å². The van der Waals surface area contributed by atoms with Gasteiger partial charge in [-0.15, -0.1) is 0 Å². The number of ether oxygens (including phenoxy) is 1. The van der Waals surface area contributed by atoms with Crippen LogP contribution in [0.5, 0.6) is 0 Å². The van der Waals surface area contributed by atoms with Crippen LogP contribution < -0.4 is 0 Å². The van der Waals surface area contributed by atoms with E-state index in [-0.39, 0.29) is 29.4 Å². The van der Waals surface area contributed by atoms with Gasteiger partial charge in [0.2, 0.25) is 0 Å². The van der Waals surface area contributed by atoms with Crippen molar-refractivity contribution in [3.05, 3.63) is 36.0 Å². The molecule has 2 aliphatic carbocycles. The van der Waals surface area contributed by atoms with Gasteiger partial charge in [0.15, 0.2) is 0 Å². The van der Waals surface area contributed by atoms with E-state index in [0.29, 0.717) is 17.9 Å². The summed E-state index contributed by atoms with van der Waals surface area (Å²) in [6.45, 7) is 9.81. The number of aliphatic hydroxyl groups is 1. The molecule has 0 bridgehead atoms. The second-order valence-electron chi connectivity index (χ2n) is 8.40. The Morgan fingerprint density at radius 2 is 2.28 bits per heavy atom. The number of hydrogen-bond acceptors (Lipinski definition) is 5. The third-order valence-corrected chi connectivity index (χ3v) is 7.02. The van der Waals surface area contributed by atoms with Crippen LogP contribution in [0.1, 0.15) is 33.1 Å². The van der Waals surface area contributed by atoms with Crippen molar-refractivity contribution < 1.29 is 14.6 Å². The van der Waals surface area contributed by atoms with Gasteiger partial charge < -0.3 is 9.84 Å². The van der Waals surface area contributed by atoms with Crippen molar-refractivity contribution in [3.8, 4) is 0 Å². The molecule has 0 aromatic carbocycles. The largest absolute Gasteiger partial charge is 0.459 e. The average Bonchev–Trinajstić information content (AvgIpc) is 3.10. The van der Waals surface area contributed by atoms with E-state index in [1.807, 2.05) is 6.08 Å². The summed E-state index contributed by atoms with van der Waals surface area (Å²) < 4.78 is 4.93. The Labute approximate surface area is 148 Å². The fourth-order valence-electron chi connectivity index (χ4n) is 5.50. The molecule has 0 amide bonds. The number of hydrogen-bond donors (Lipinski definition) is 1. The second-order valence-corrected chi connectivity index (χ2v) is 8.40. The Hall–Kier alpha value is -1.75. The zero-order chi connectivity index (χ0) is 17.8. The molecule has 6 atom stereocenters. The summed E-state index contributed by atoms with van der Waals surface area (Å²) in [6.07, 6.45) is 8.40. The van der Waals surface area contributed by atoms with Gasteiger partial charge in [0.05, 0.1) is 18.2 Å². The Morgan fingerprint density at radius 1 is 1.48 bits per heavy atom. The van der Waals surface area contributed by atoms with Crippen LogP contribution in [0.4, 0.5) is 0 Å². The average molecular weight is 342 g/mol. The highest BCUT2D eigenvalue weighted by Gasteiger charge is 2.57. The maximum atomic E-state index is 11.8. The normalized spacial score (nSPS) is 47.1. The first-order valence-corrected chi connectivity index (χ1v) is 9.15. The molecule has 4 rings (SSSR count). The van der Waals surface area contributed by atoms with Gasteiger partial charge in [0.1, 0.15) is 12.7 Å². The van der Waals surface area contributed by atoms with Crippen molar-refractivity contribution in [2.24, 2.45) is 32.9 Å². The van der Waals surface area contributed by atoms with Crippen molar-refractivity contribution in [2.45, 2.75) is 45.3 Å². The number of esters is 1. The fraction of sp³-hybridized carbons (Fsp3) is 0.650. The standard InChI is InChI=1S/C20H26N2O3/c1-12-4-7-16-19(2,9-8-17-20(16,3)11-21-22-17)14(12)6-5-13-15(23)10-25-18(13)24/h5,8-9,14-17,23H,1,4,6-7,10-11H2,2-3H3/t14-,15-,16?,17?,19+,20?/m1/s1. The van der Waals surface area contributed by atoms with Crippen LogP contribution >= 0.6 is 0 Å². The number of azo groups is 1. The predicted molar refractivity (Wildman–Crippen MR) is 93.9 cm³/mol. The highest BCUT2D eigenvalue weighted by atomic mass is 16.6. The summed E-state index contributed by atoms with van der Waals surface area (Å²) in [5, 5.41) is 18.7. The van der Waals surface area contributed by atoms with Gasteiger partial charge in [-0.1, -0.05) is 44.2 Å². The molecule has 25 heavy (non-hydrogen) atoms. The van der Waals surface area contributed by atoms with Crippen molar-refractivity contribution in [3.63, 3.8) is 0 Å². The van der Waals surface area contributed by atoms with Crippen molar-refractivity contribution in [2.75, 3.05) is 13.2 Å². The van der Waals surface area contributed by atoms with E-state index < -0.39 is 12.1 Å². The van der Waals surface area contributed by atoms with Gasteiger partial charge in [0, 0.05) is 5.41 Å². The van der Waals surface area contributed by atoms with Crippen molar-refractivity contribution >= 4 is 5.97 Å². The van der Waals surface area contributed by atoms with Crippen molar-refractivity contribution in [1.82, 2.24) is 0 Å². The number of rotatable bonds is 2. The highest BCUT2D eigenvalue weighted by Crippen LogP contribution is 2.61. The third-order valence-electron chi connectivity index (χ3n) is 7.02. The molecule has 0 spiro atoms. The number of fused-ring (bicyclic) bond motifs is 3. The van der Waals surface area contributed by atoms with Gasteiger partial charge >= 0.3 is 5.97 Å². The summed E-state index contributed by atoms with van der Waals surface area (Å²) >= 11 is 0. The quantitative estimate of drug-likeness (QED) is 0.476. The van der Waals surface area contributed by atoms with Crippen LogP contribution in [0.3, 0.4) is 0 Å². The molecule has 2 fully saturated rings. The zero-order valence-corrected chi connectivity index (χ0v) is 14.9. The molecule has 1 N–H and O–H groups in total. The van der Waals surface area contributed by atoms with Gasteiger partial charge in [-0.05, 0) is 36.5 Å². The van der Waals surface area contributed by atoms with Crippen LogP contribution in [-0.2, 0) is 9.53 Å². The minimum Gasteiger partial charge on any atom is -0.459 e. The van der Waals surface area contributed by atoms with E-state index >= 15 is 0 Å². The maximum absolute atomic E-state index is 11.8. The summed E-state index contributed by atoms with van der Waals surface area (Å²) in [7, 11) is 0. The molecule has 1 saturated carbocycles. The van der Waals surface area contributed by atoms with Crippen LogP contribution in [0.2, 0.25) is 0 Å². The first kappa shape index (κ1) is 16.7. The summed E-state index contributed by atoms with van der Waals surface area (Å²) in [5.74, 6) is 0.337. The number of carbonyl (C=O) groups is 1. The lowest BCUT2D eigenvalue weighted by Gasteiger charge is -2.56. The number of carbonyl (C=O) groups excluding carboxylic acids is 1. The lowest BCUT2D eigenvalue weighted by molar-refractivity contribution is -0.135. The molecule has 0 radical (unpaired) electrons. The Balaban J connectivity index is 1.65. The van der Waals surface area contributed by atoms with Crippen LogP contribution in [0.15, 0.2) is 46.2 Å². The van der Waals surface area contributed by atoms with Crippen LogP contribution in [-0.4, -0.2) is 36.4 Å². The minimum atomic E-state index is -0.802. The van der Waals surface area contributed by atoms with Crippen LogP contribution in [0.25, 0.3) is 0 Å². The van der Waals surface area contributed by atoms with E-state index in [9.17, 15) is 9.90 Å². The number of nitrogens with zero attached hydrogens (tertiary/aromatic N) is 2. The van der Waals surface area contributed by atoms with E-state index in [4.69, 9.17) is 4.74 Å². The van der Waals surface area contributed by atoms with Crippen molar-refractivity contribution in [1.29, 1.82) is 0 Å². The molecule has 3 unspecified atom stereocenters. The minimum absolute atomic E-state index is 0.0273. The molecule has 1 saturated heterocycles. The first-order valence-electron chi connectivity index (χ1n) is 9.15. The predicted octanol–water partition coefficient (Wildman–Crippen LogP) is 3.22. The zero-order valence-electron chi connectivity index (χ0n) is 14.9. The molecule has 5 nitrogen and oxygen atoms in total. The number of allylic oxidation sites excluding steroid dienone is 3. The monoisotopic (exact) mass is 342 g/mol. The second kappa shape index (κ2) is 5.63. The highest BCUT2D eigenvalue weighted by molar-refractivity contribution is 5.91. The molecule has 4 aliphatic rings. The molecular weight excluding hydrogens is 316 g/mol. The Bertz CT molecular complexity index is 710. The smallest absolute Gasteiger partial charge is 0.336 e. The molecule has 0 aromatic heterocycles. The van der Waals surface area contributed by atoms with E-state index in [0.717, 1.165) is 19.4 Å². The lowest BCUT2D eigenvalue weighted by atomic mass is 9.48. The summed E-state index contributed by atoms with van der Waals surface area (Å²) in [5.41, 5.74) is 1.67. The first-order chi connectivity index (χ1) is 11.9. The van der Waals surface area contributed by atoms with Gasteiger partial charge in [-0.3, -0.25) is 0 Å². The molecule has 0 aromatic rings. The molecular formula is C20H26N2O3. The van der Waals surface area contributed by atoms with Gasteiger partial charge in [-0.25, -0.2) is 4.79 Å². The summed E-state index contributed by atoms with van der Waals surface area (Å²) in [6, 6.07) is 0.183. The molecule has 2 heterocycles. The van der Waals surface area contributed by atoms with Crippen LogP contribution in [0, 0.1) is 22.7 Å². The molecule has 5 heteroatoms. The molecule has 134 valence electrons. The number of cyclic esters (lactones) is 1. The SMILES string of the molecule is C=C1CCC2C3(C)CN=NC3C=C[C@@]2(C)[C@@H]1CC=C1C(=O)OC[C@H]1O. The Kier molecular flexibility index (Phi) is 3.76. The number of aliphatic hydroxyl groups excluding tert-OH is 1. The van der Waals surface area contributed by atoms with E-state index in [1.54, 1.807) is 0 Å². The maximum Gasteiger partial charge on any atom is 0.336 e. The topological polar surface area (TPSA) is 71.2 Å². The van der Waals surface area contributed by atoms with Gasteiger partial charge in [0.25, 0.3) is 0 Å². The lowest BCUT2D eigenvalue weighted by Crippen LogP contribution is -2.52. The Morgan fingerprint density at radius 3 is 3.00 bits per heavy atom. The third kappa shape index (κ3) is 2.35. The molecule has 2 aliphatic heterocycles. The van der Waals surface area contributed by atoms with E-state index in [1.165, 1.54) is 5.57 Å².